The van der Waals surface area contributed by atoms with Crippen LogP contribution in [0.1, 0.15) is 19.8 Å². The first-order valence-corrected chi connectivity index (χ1v) is 6.64. The number of piperidine rings is 1. The Kier molecular flexibility index (Phi) is 4.74. The molecule has 2 rings (SSSR count). The molecule has 0 aliphatic carbocycles. The van der Waals surface area contributed by atoms with Crippen LogP contribution in [0.3, 0.4) is 0 Å². The molecule has 1 heterocycles. The fraction of sp³-hybridized carbons (Fsp3) is 0.500. The molecule has 1 aromatic carbocycles. The number of nitrogens with one attached hydrogen (secondary N) is 2. The molecular weight excluding hydrogens is 247 g/mol. The van der Waals surface area contributed by atoms with Crippen molar-refractivity contribution < 1.29 is 13.9 Å². The minimum atomic E-state index is -0.374. The molecule has 0 saturated carbocycles. The van der Waals surface area contributed by atoms with Gasteiger partial charge < -0.3 is 15.4 Å². The summed E-state index contributed by atoms with van der Waals surface area (Å²) in [5, 5.41) is 6.02. The lowest BCUT2D eigenvalue weighted by Crippen LogP contribution is -2.37. The Hall–Kier alpha value is -1.62. The van der Waals surface area contributed by atoms with Crippen molar-refractivity contribution in [1.82, 2.24) is 5.32 Å². The molecule has 0 bridgehead atoms. The molecule has 0 unspecified atom stereocenters. The minimum absolute atomic E-state index is 0.0340. The number of anilines is 1. The van der Waals surface area contributed by atoms with Crippen LogP contribution in [0.2, 0.25) is 0 Å². The van der Waals surface area contributed by atoms with Gasteiger partial charge in [0.1, 0.15) is 11.6 Å². The maximum atomic E-state index is 13.2. The summed E-state index contributed by atoms with van der Waals surface area (Å²) in [6.07, 6.45) is 1.88. The van der Waals surface area contributed by atoms with Gasteiger partial charge >= 0.3 is 0 Å². The van der Waals surface area contributed by atoms with E-state index in [1.54, 1.807) is 0 Å². The second-order valence-electron chi connectivity index (χ2n) is 4.61. The molecule has 1 aliphatic heterocycles. The predicted molar refractivity (Wildman–Crippen MR) is 71.8 cm³/mol. The molecule has 4 nitrogen and oxygen atoms in total. The zero-order chi connectivity index (χ0) is 13.7. The Bertz CT molecular complexity index is 445. The van der Waals surface area contributed by atoms with Crippen molar-refractivity contribution in [1.29, 1.82) is 0 Å². The summed E-state index contributed by atoms with van der Waals surface area (Å²) in [6, 6.07) is 4.14. The van der Waals surface area contributed by atoms with Crippen LogP contribution in [0.15, 0.2) is 18.2 Å². The number of hydrogen-bond acceptors (Lipinski definition) is 3. The van der Waals surface area contributed by atoms with Crippen molar-refractivity contribution in [3.63, 3.8) is 0 Å². The highest BCUT2D eigenvalue weighted by Crippen LogP contribution is 2.26. The molecule has 19 heavy (non-hydrogen) atoms. The maximum absolute atomic E-state index is 13.2. The van der Waals surface area contributed by atoms with E-state index in [2.05, 4.69) is 10.6 Å². The predicted octanol–water partition coefficient (Wildman–Crippen LogP) is 2.16. The third-order valence-electron chi connectivity index (χ3n) is 3.17. The van der Waals surface area contributed by atoms with Crippen molar-refractivity contribution in [3.05, 3.63) is 24.0 Å². The monoisotopic (exact) mass is 266 g/mol. The molecule has 1 saturated heterocycles. The summed E-state index contributed by atoms with van der Waals surface area (Å²) < 4.78 is 18.5. The molecule has 0 spiro atoms. The molecule has 0 aromatic heterocycles. The highest BCUT2D eigenvalue weighted by atomic mass is 19.1. The van der Waals surface area contributed by atoms with E-state index >= 15 is 0 Å². The summed E-state index contributed by atoms with van der Waals surface area (Å²) in [4.78, 5) is 12.1. The van der Waals surface area contributed by atoms with E-state index in [0.29, 0.717) is 24.6 Å². The largest absolute Gasteiger partial charge is 0.492 e. The quantitative estimate of drug-likeness (QED) is 0.878. The smallest absolute Gasteiger partial charge is 0.228 e. The van der Waals surface area contributed by atoms with E-state index in [1.165, 1.54) is 18.2 Å². The van der Waals surface area contributed by atoms with Crippen molar-refractivity contribution in [2.45, 2.75) is 19.8 Å². The lowest BCUT2D eigenvalue weighted by Gasteiger charge is -2.22. The summed E-state index contributed by atoms with van der Waals surface area (Å²) in [5.41, 5.74) is 0.527. The molecule has 104 valence electrons. The van der Waals surface area contributed by atoms with Crippen LogP contribution in [0, 0.1) is 11.7 Å². The van der Waals surface area contributed by atoms with Crippen LogP contribution in [0.4, 0.5) is 10.1 Å². The summed E-state index contributed by atoms with van der Waals surface area (Å²) in [6.45, 7) is 3.90. The van der Waals surface area contributed by atoms with Gasteiger partial charge in [-0.1, -0.05) is 0 Å². The van der Waals surface area contributed by atoms with E-state index in [-0.39, 0.29) is 17.6 Å². The molecular formula is C14H19FN2O2. The van der Waals surface area contributed by atoms with Crippen LogP contribution in [0.25, 0.3) is 0 Å². The van der Waals surface area contributed by atoms with Gasteiger partial charge in [0.15, 0.2) is 0 Å². The Morgan fingerprint density at radius 3 is 3.11 bits per heavy atom. The van der Waals surface area contributed by atoms with Gasteiger partial charge in [-0.15, -0.1) is 0 Å². The van der Waals surface area contributed by atoms with E-state index in [4.69, 9.17) is 4.74 Å². The normalized spacial score (nSPS) is 18.9. The topological polar surface area (TPSA) is 50.4 Å². The number of benzene rings is 1. The SMILES string of the molecule is CCOc1cc(F)ccc1NC(=O)[C@H]1CCCNC1. The molecule has 1 aliphatic rings. The lowest BCUT2D eigenvalue weighted by molar-refractivity contribution is -0.120. The van der Waals surface area contributed by atoms with Crippen LogP contribution in [-0.4, -0.2) is 25.6 Å². The summed E-state index contributed by atoms with van der Waals surface area (Å²) in [7, 11) is 0. The van der Waals surface area contributed by atoms with E-state index in [9.17, 15) is 9.18 Å². The van der Waals surface area contributed by atoms with Crippen molar-refractivity contribution in [2.24, 2.45) is 5.92 Å². The fourth-order valence-corrected chi connectivity index (χ4v) is 2.18. The van der Waals surface area contributed by atoms with Gasteiger partial charge in [-0.25, -0.2) is 4.39 Å². The lowest BCUT2D eigenvalue weighted by atomic mass is 9.99. The third-order valence-corrected chi connectivity index (χ3v) is 3.17. The first kappa shape index (κ1) is 13.8. The average Bonchev–Trinajstić information content (AvgIpc) is 2.43. The Labute approximate surface area is 112 Å². The first-order chi connectivity index (χ1) is 9.20. The van der Waals surface area contributed by atoms with Crippen LogP contribution in [0.5, 0.6) is 5.75 Å². The standard InChI is InChI=1S/C14H19FN2O2/c1-2-19-13-8-11(15)5-6-12(13)17-14(18)10-4-3-7-16-9-10/h5-6,8,10,16H,2-4,7,9H2,1H3,(H,17,18)/t10-/m0/s1. The highest BCUT2D eigenvalue weighted by Gasteiger charge is 2.21. The maximum Gasteiger partial charge on any atom is 0.228 e. The number of carbonyl (C=O) groups excluding carboxylic acids is 1. The Morgan fingerprint density at radius 2 is 2.42 bits per heavy atom. The van der Waals surface area contributed by atoms with Crippen LogP contribution < -0.4 is 15.4 Å². The van der Waals surface area contributed by atoms with Crippen LogP contribution in [-0.2, 0) is 4.79 Å². The van der Waals surface area contributed by atoms with E-state index in [0.717, 1.165) is 19.4 Å². The van der Waals surface area contributed by atoms with Gasteiger partial charge in [0.2, 0.25) is 5.91 Å². The van der Waals surface area contributed by atoms with Crippen molar-refractivity contribution in [3.8, 4) is 5.75 Å². The van der Waals surface area contributed by atoms with Gasteiger partial charge in [-0.3, -0.25) is 4.79 Å². The third kappa shape index (κ3) is 3.67. The number of amides is 1. The Balaban J connectivity index is 2.06. The van der Waals surface area contributed by atoms with E-state index in [1.807, 2.05) is 6.92 Å². The van der Waals surface area contributed by atoms with Crippen LogP contribution >= 0.6 is 0 Å². The average molecular weight is 266 g/mol. The minimum Gasteiger partial charge on any atom is -0.492 e. The number of rotatable bonds is 4. The van der Waals surface area contributed by atoms with Gasteiger partial charge in [0.05, 0.1) is 18.2 Å². The first-order valence-electron chi connectivity index (χ1n) is 6.64. The number of halogens is 1. The second-order valence-corrected chi connectivity index (χ2v) is 4.61. The molecule has 2 N–H and O–H groups in total. The zero-order valence-corrected chi connectivity index (χ0v) is 11.0. The van der Waals surface area contributed by atoms with E-state index < -0.39 is 0 Å². The Morgan fingerprint density at radius 1 is 1.58 bits per heavy atom. The number of ether oxygens (including phenoxy) is 1. The van der Waals surface area contributed by atoms with Gasteiger partial charge in [-0.2, -0.15) is 0 Å². The number of hydrogen-bond donors (Lipinski definition) is 2. The van der Waals surface area contributed by atoms with Crippen molar-refractivity contribution in [2.75, 3.05) is 25.0 Å². The molecule has 1 fully saturated rings. The molecule has 1 amide bonds. The van der Waals surface area contributed by atoms with Gasteiger partial charge in [-0.05, 0) is 38.4 Å². The van der Waals surface area contributed by atoms with Gasteiger partial charge in [0, 0.05) is 12.6 Å². The van der Waals surface area contributed by atoms with Crippen molar-refractivity contribution >= 4 is 11.6 Å². The molecule has 1 atom stereocenters. The summed E-state index contributed by atoms with van der Waals surface area (Å²) >= 11 is 0. The zero-order valence-electron chi connectivity index (χ0n) is 11.0. The van der Waals surface area contributed by atoms with Gasteiger partial charge in [0.25, 0.3) is 0 Å². The number of carbonyl (C=O) groups is 1. The second kappa shape index (κ2) is 6.52. The molecule has 1 aromatic rings. The molecule has 5 heteroatoms. The highest BCUT2D eigenvalue weighted by molar-refractivity contribution is 5.94. The molecule has 0 radical (unpaired) electrons. The summed E-state index contributed by atoms with van der Waals surface area (Å²) in [5.74, 6) is -0.0755. The fourth-order valence-electron chi connectivity index (χ4n) is 2.18.